The molecule has 23 heavy (non-hydrogen) atoms. The average molecular weight is 316 g/mol. The van der Waals surface area contributed by atoms with Gasteiger partial charge in [-0.15, -0.1) is 0 Å². The molecule has 1 saturated carbocycles. The Bertz CT molecular complexity index is 704. The zero-order valence-corrected chi connectivity index (χ0v) is 13.8. The van der Waals surface area contributed by atoms with Crippen molar-refractivity contribution in [3.05, 3.63) is 29.7 Å². The molecule has 5 nitrogen and oxygen atoms in total. The van der Waals surface area contributed by atoms with Gasteiger partial charge in [-0.2, -0.15) is 0 Å². The second-order valence-corrected chi connectivity index (χ2v) is 6.35. The predicted molar refractivity (Wildman–Crippen MR) is 88.4 cm³/mol. The van der Waals surface area contributed by atoms with E-state index in [0.717, 1.165) is 49.9 Å². The van der Waals surface area contributed by atoms with Crippen molar-refractivity contribution in [1.82, 2.24) is 9.38 Å². The fraction of sp³-hybridized carbons (Fsp3) is 0.556. The van der Waals surface area contributed by atoms with E-state index in [-0.39, 0.29) is 11.7 Å². The Kier molecular flexibility index (Phi) is 4.55. The number of imidazole rings is 1. The van der Waals surface area contributed by atoms with Gasteiger partial charge in [-0.25, -0.2) is 9.78 Å². The first-order valence-corrected chi connectivity index (χ1v) is 8.55. The first-order chi connectivity index (χ1) is 11.1. The summed E-state index contributed by atoms with van der Waals surface area (Å²) in [5.41, 5.74) is 2.00. The third-order valence-corrected chi connectivity index (χ3v) is 4.70. The van der Waals surface area contributed by atoms with E-state index < -0.39 is 5.97 Å². The summed E-state index contributed by atoms with van der Waals surface area (Å²) in [6.45, 7) is 4.34. The number of rotatable bonds is 7. The topological polar surface area (TPSA) is 63.8 Å². The number of hydrogen-bond acceptors (Lipinski definition) is 3. The minimum atomic E-state index is -0.961. The summed E-state index contributed by atoms with van der Waals surface area (Å²) in [5.74, 6) is -0.100. The monoisotopic (exact) mass is 316 g/mol. The molecule has 2 heterocycles. The summed E-state index contributed by atoms with van der Waals surface area (Å²) in [5, 5.41) is 9.46. The van der Waals surface area contributed by atoms with Crippen molar-refractivity contribution >= 4 is 11.6 Å². The molecule has 2 aromatic heterocycles. The van der Waals surface area contributed by atoms with Gasteiger partial charge in [0.05, 0.1) is 11.8 Å². The molecule has 5 heteroatoms. The van der Waals surface area contributed by atoms with Crippen LogP contribution in [0.5, 0.6) is 5.75 Å². The van der Waals surface area contributed by atoms with Crippen LogP contribution < -0.4 is 4.74 Å². The summed E-state index contributed by atoms with van der Waals surface area (Å²) in [4.78, 5) is 16.2. The Labute approximate surface area is 136 Å². The summed E-state index contributed by atoms with van der Waals surface area (Å²) >= 11 is 0. The van der Waals surface area contributed by atoms with Gasteiger partial charge in [0.15, 0.2) is 0 Å². The highest BCUT2D eigenvalue weighted by Crippen LogP contribution is 2.30. The fourth-order valence-electron chi connectivity index (χ4n) is 3.07. The summed E-state index contributed by atoms with van der Waals surface area (Å²) in [6, 6.07) is 1.77. The zero-order valence-electron chi connectivity index (χ0n) is 13.8. The van der Waals surface area contributed by atoms with E-state index in [1.165, 1.54) is 0 Å². The molecule has 2 aromatic rings. The number of pyridine rings is 1. The molecule has 3 rings (SSSR count). The van der Waals surface area contributed by atoms with E-state index in [1.807, 2.05) is 10.6 Å². The van der Waals surface area contributed by atoms with Crippen molar-refractivity contribution in [2.45, 2.75) is 64.4 Å². The molecular weight excluding hydrogens is 292 g/mol. The van der Waals surface area contributed by atoms with Crippen LogP contribution in [0.4, 0.5) is 0 Å². The number of fused-ring (bicyclic) bond motifs is 1. The van der Waals surface area contributed by atoms with E-state index in [0.29, 0.717) is 11.7 Å². The zero-order chi connectivity index (χ0) is 16.4. The molecule has 0 saturated heterocycles. The lowest BCUT2D eigenvalue weighted by molar-refractivity contribution is 0.0679. The SMILES string of the molecule is CCCC(CC)c1cn2cc(C(=O)O)c(OC3CCC3)cc2n1. The number of ether oxygens (including phenoxy) is 1. The molecule has 1 atom stereocenters. The van der Waals surface area contributed by atoms with Crippen molar-refractivity contribution in [2.75, 3.05) is 0 Å². The van der Waals surface area contributed by atoms with Gasteiger partial charge in [-0.1, -0.05) is 20.3 Å². The highest BCUT2D eigenvalue weighted by atomic mass is 16.5. The van der Waals surface area contributed by atoms with E-state index in [1.54, 1.807) is 12.3 Å². The van der Waals surface area contributed by atoms with Crippen LogP contribution in [0.1, 0.15) is 74.3 Å². The molecule has 1 unspecified atom stereocenters. The largest absolute Gasteiger partial charge is 0.489 e. The van der Waals surface area contributed by atoms with Gasteiger partial charge in [-0.3, -0.25) is 0 Å². The van der Waals surface area contributed by atoms with Crippen LogP contribution in [0.3, 0.4) is 0 Å². The van der Waals surface area contributed by atoms with Crippen LogP contribution in [-0.2, 0) is 0 Å². The first-order valence-electron chi connectivity index (χ1n) is 8.55. The number of aromatic nitrogens is 2. The minimum Gasteiger partial charge on any atom is -0.489 e. The molecule has 0 radical (unpaired) electrons. The number of carbonyl (C=O) groups is 1. The van der Waals surface area contributed by atoms with Crippen molar-refractivity contribution in [3.8, 4) is 5.75 Å². The van der Waals surface area contributed by atoms with Crippen molar-refractivity contribution < 1.29 is 14.6 Å². The van der Waals surface area contributed by atoms with Gasteiger partial charge in [0, 0.05) is 24.4 Å². The molecule has 1 aliphatic carbocycles. The second-order valence-electron chi connectivity index (χ2n) is 6.35. The molecular formula is C18H24N2O3. The summed E-state index contributed by atoms with van der Waals surface area (Å²) < 4.78 is 7.67. The lowest BCUT2D eigenvalue weighted by atomic mass is 9.96. The summed E-state index contributed by atoms with van der Waals surface area (Å²) in [7, 11) is 0. The molecule has 0 aliphatic heterocycles. The predicted octanol–water partition coefficient (Wildman–Crippen LogP) is 4.26. The Balaban J connectivity index is 1.98. The number of aromatic carboxylic acids is 1. The third kappa shape index (κ3) is 3.19. The van der Waals surface area contributed by atoms with Crippen molar-refractivity contribution in [2.24, 2.45) is 0 Å². The van der Waals surface area contributed by atoms with Gasteiger partial charge in [-0.05, 0) is 32.1 Å². The quantitative estimate of drug-likeness (QED) is 0.829. The Morgan fingerprint density at radius 3 is 2.78 bits per heavy atom. The Hall–Kier alpha value is -2.04. The molecule has 1 aliphatic rings. The Morgan fingerprint density at radius 1 is 1.43 bits per heavy atom. The number of hydrogen-bond donors (Lipinski definition) is 1. The van der Waals surface area contributed by atoms with Crippen LogP contribution in [0.2, 0.25) is 0 Å². The molecule has 0 spiro atoms. The second kappa shape index (κ2) is 6.60. The third-order valence-electron chi connectivity index (χ3n) is 4.70. The van der Waals surface area contributed by atoms with Gasteiger partial charge in [0.1, 0.15) is 17.0 Å². The first kappa shape index (κ1) is 15.8. The fourth-order valence-corrected chi connectivity index (χ4v) is 3.07. The van der Waals surface area contributed by atoms with Gasteiger partial charge < -0.3 is 14.2 Å². The van der Waals surface area contributed by atoms with Crippen LogP contribution in [0.25, 0.3) is 5.65 Å². The standard InChI is InChI=1S/C18H24N2O3/c1-3-6-12(4-2)15-11-20-10-14(18(21)22)16(9-17(20)19-15)23-13-7-5-8-13/h9-13H,3-8H2,1-2H3,(H,21,22). The highest BCUT2D eigenvalue weighted by molar-refractivity contribution is 5.91. The van der Waals surface area contributed by atoms with Gasteiger partial charge in [0.25, 0.3) is 0 Å². The van der Waals surface area contributed by atoms with Crippen molar-refractivity contribution in [3.63, 3.8) is 0 Å². The molecule has 1 N–H and O–H groups in total. The van der Waals surface area contributed by atoms with Crippen LogP contribution >= 0.6 is 0 Å². The maximum atomic E-state index is 11.5. The van der Waals surface area contributed by atoms with Gasteiger partial charge in [0.2, 0.25) is 0 Å². The van der Waals surface area contributed by atoms with E-state index >= 15 is 0 Å². The average Bonchev–Trinajstić information content (AvgIpc) is 2.89. The van der Waals surface area contributed by atoms with Crippen LogP contribution in [0.15, 0.2) is 18.5 Å². The normalized spacial score (nSPS) is 16.3. The van der Waals surface area contributed by atoms with E-state index in [2.05, 4.69) is 13.8 Å². The van der Waals surface area contributed by atoms with Crippen LogP contribution in [-0.4, -0.2) is 26.6 Å². The maximum Gasteiger partial charge on any atom is 0.341 e. The lowest BCUT2D eigenvalue weighted by Crippen LogP contribution is -2.25. The smallest absolute Gasteiger partial charge is 0.341 e. The number of carboxylic acid groups (broad SMARTS) is 1. The highest BCUT2D eigenvalue weighted by Gasteiger charge is 2.23. The maximum absolute atomic E-state index is 11.5. The molecule has 0 amide bonds. The minimum absolute atomic E-state index is 0.147. The van der Waals surface area contributed by atoms with E-state index in [9.17, 15) is 9.90 Å². The van der Waals surface area contributed by atoms with Crippen LogP contribution in [0, 0.1) is 0 Å². The molecule has 1 fully saturated rings. The number of nitrogens with zero attached hydrogens (tertiary/aromatic N) is 2. The van der Waals surface area contributed by atoms with E-state index in [4.69, 9.17) is 9.72 Å². The molecule has 0 bridgehead atoms. The number of carboxylic acids is 1. The van der Waals surface area contributed by atoms with Crippen molar-refractivity contribution in [1.29, 1.82) is 0 Å². The lowest BCUT2D eigenvalue weighted by Gasteiger charge is -2.27. The summed E-state index contributed by atoms with van der Waals surface area (Å²) in [6.07, 6.45) is 10.1. The molecule has 0 aromatic carbocycles. The molecule has 124 valence electrons. The Morgan fingerprint density at radius 2 is 2.22 bits per heavy atom. The van der Waals surface area contributed by atoms with Gasteiger partial charge >= 0.3 is 5.97 Å².